The van der Waals surface area contributed by atoms with Crippen LogP contribution in [0, 0.1) is 23.7 Å². The SMILES string of the molecule is CN(C)[C@@H]1C(=O)C(C(N)=O)C(=O)[C@@]2(O)C(=O)C3C(=O)c4c(O)ccc(C(F)=C(F)F)c4C[C@H]3C[C@@H]12. The average molecular weight is 494 g/mol. The molecule has 0 heterocycles. The summed E-state index contributed by atoms with van der Waals surface area (Å²) < 4.78 is 40.3. The van der Waals surface area contributed by atoms with Gasteiger partial charge in [0, 0.05) is 11.5 Å². The molecule has 0 aliphatic heterocycles. The molecule has 2 unspecified atom stereocenters. The van der Waals surface area contributed by atoms with Crippen molar-refractivity contribution in [2.45, 2.75) is 24.5 Å². The van der Waals surface area contributed by atoms with E-state index < -0.39 is 93.1 Å². The lowest BCUT2D eigenvalue weighted by Gasteiger charge is -2.52. The first-order chi connectivity index (χ1) is 16.2. The number of amides is 1. The number of primary amides is 1. The Morgan fingerprint density at radius 3 is 2.29 bits per heavy atom. The third-order valence-corrected chi connectivity index (χ3v) is 7.35. The van der Waals surface area contributed by atoms with E-state index in [1.54, 1.807) is 0 Å². The van der Waals surface area contributed by atoms with E-state index in [1.165, 1.54) is 19.0 Å². The molecular formula is C23H21F3N2O7. The highest BCUT2D eigenvalue weighted by Crippen LogP contribution is 2.51. The van der Waals surface area contributed by atoms with Gasteiger partial charge in [0.1, 0.15) is 5.75 Å². The molecule has 2 fully saturated rings. The maximum absolute atomic E-state index is 14.2. The third-order valence-electron chi connectivity index (χ3n) is 7.35. The smallest absolute Gasteiger partial charge is 0.306 e. The second-order valence-corrected chi connectivity index (χ2v) is 9.35. The van der Waals surface area contributed by atoms with Crippen LogP contribution >= 0.6 is 0 Å². The number of benzene rings is 1. The molecule has 1 aromatic carbocycles. The lowest BCUT2D eigenvalue weighted by atomic mass is 9.52. The van der Waals surface area contributed by atoms with E-state index in [4.69, 9.17) is 5.73 Å². The van der Waals surface area contributed by atoms with Gasteiger partial charge in [-0.2, -0.15) is 8.78 Å². The molecule has 6 atom stereocenters. The number of ketones is 4. The van der Waals surface area contributed by atoms with E-state index in [0.29, 0.717) is 0 Å². The summed E-state index contributed by atoms with van der Waals surface area (Å²) in [5, 5.41) is 21.7. The molecule has 0 spiro atoms. The Labute approximate surface area is 196 Å². The predicted molar refractivity (Wildman–Crippen MR) is 112 cm³/mol. The fourth-order valence-corrected chi connectivity index (χ4v) is 5.91. The number of nitrogens with zero attached hydrogens (tertiary/aromatic N) is 1. The van der Waals surface area contributed by atoms with Gasteiger partial charge in [-0.05, 0) is 50.6 Å². The summed E-state index contributed by atoms with van der Waals surface area (Å²) in [5.74, 6) is -14.8. The van der Waals surface area contributed by atoms with Crippen molar-refractivity contribution in [1.29, 1.82) is 0 Å². The molecule has 1 amide bonds. The molecule has 12 heteroatoms. The third kappa shape index (κ3) is 3.27. The highest BCUT2D eigenvalue weighted by Gasteiger charge is 2.69. The van der Waals surface area contributed by atoms with E-state index in [9.17, 15) is 47.4 Å². The van der Waals surface area contributed by atoms with Gasteiger partial charge < -0.3 is 15.9 Å². The molecule has 4 rings (SSSR count). The van der Waals surface area contributed by atoms with Gasteiger partial charge in [-0.25, -0.2) is 4.39 Å². The van der Waals surface area contributed by atoms with Crippen LogP contribution < -0.4 is 5.73 Å². The van der Waals surface area contributed by atoms with E-state index in [0.717, 1.165) is 12.1 Å². The maximum Gasteiger partial charge on any atom is 0.306 e. The number of carbonyl (C=O) groups excluding carboxylic acids is 5. The van der Waals surface area contributed by atoms with Crippen molar-refractivity contribution in [3.05, 3.63) is 34.9 Å². The monoisotopic (exact) mass is 494 g/mol. The lowest BCUT2D eigenvalue weighted by molar-refractivity contribution is -0.181. The molecule has 0 radical (unpaired) electrons. The zero-order valence-electron chi connectivity index (χ0n) is 18.5. The molecule has 4 N–H and O–H groups in total. The standard InChI is InChI=1S/C23H21F3N2O7/c1-28(2)16-10-6-7-5-9-8(15(24)21(25)26)3-4-11(29)13(9)17(30)12(7)19(32)23(10,35)20(33)14(18(16)31)22(27)34/h3-4,7,10,12,14,16,29,35H,5-6H2,1-2H3,(H2,27,34)/t7-,10-,12?,14?,16-,23-/m0/s1. The maximum atomic E-state index is 14.2. The Balaban J connectivity index is 1.90. The number of hydrogen-bond acceptors (Lipinski definition) is 8. The second kappa shape index (κ2) is 8.09. The number of halogens is 3. The van der Waals surface area contributed by atoms with Gasteiger partial charge in [-0.3, -0.25) is 28.9 Å². The zero-order valence-corrected chi connectivity index (χ0v) is 18.5. The summed E-state index contributed by atoms with van der Waals surface area (Å²) >= 11 is 0. The molecule has 3 aliphatic rings. The number of carbonyl (C=O) groups is 5. The normalized spacial score (nSPS) is 32.1. The van der Waals surface area contributed by atoms with Crippen molar-refractivity contribution in [2.24, 2.45) is 29.4 Å². The highest BCUT2D eigenvalue weighted by atomic mass is 19.3. The molecule has 1 aromatic rings. The van der Waals surface area contributed by atoms with Crippen LogP contribution in [0.3, 0.4) is 0 Å². The van der Waals surface area contributed by atoms with Crippen LogP contribution in [-0.2, 0) is 25.6 Å². The Kier molecular flexibility index (Phi) is 5.72. The van der Waals surface area contributed by atoms with Crippen LogP contribution in [-0.4, -0.2) is 69.9 Å². The van der Waals surface area contributed by atoms with E-state index >= 15 is 0 Å². The first-order valence-electron chi connectivity index (χ1n) is 10.7. The van der Waals surface area contributed by atoms with Crippen molar-refractivity contribution in [3.63, 3.8) is 0 Å². The molecule has 2 saturated carbocycles. The van der Waals surface area contributed by atoms with E-state index in [2.05, 4.69) is 0 Å². The van der Waals surface area contributed by atoms with Crippen LogP contribution in [0.4, 0.5) is 13.2 Å². The lowest BCUT2D eigenvalue weighted by Crippen LogP contribution is -2.74. The Hall–Kier alpha value is -3.38. The molecule has 0 aromatic heterocycles. The molecule has 0 saturated heterocycles. The average Bonchev–Trinajstić information content (AvgIpc) is 2.75. The van der Waals surface area contributed by atoms with Crippen LogP contribution in [0.2, 0.25) is 0 Å². The molecule has 3 aliphatic carbocycles. The summed E-state index contributed by atoms with van der Waals surface area (Å²) in [5.41, 5.74) is 0.880. The van der Waals surface area contributed by atoms with Crippen molar-refractivity contribution >= 4 is 34.9 Å². The topological polar surface area (TPSA) is 155 Å². The Morgan fingerprint density at radius 2 is 1.74 bits per heavy atom. The van der Waals surface area contributed by atoms with Gasteiger partial charge in [0.25, 0.3) is 0 Å². The minimum absolute atomic E-state index is 0.246. The van der Waals surface area contributed by atoms with Crippen LogP contribution in [0.15, 0.2) is 18.2 Å². The van der Waals surface area contributed by atoms with Gasteiger partial charge in [0.05, 0.1) is 17.5 Å². The predicted octanol–water partition coefficient (Wildman–Crippen LogP) is 0.402. The van der Waals surface area contributed by atoms with E-state index in [-0.39, 0.29) is 18.4 Å². The largest absolute Gasteiger partial charge is 0.507 e. The number of phenolic OH excluding ortho intramolecular Hbond substituents is 1. The number of phenols is 1. The molecule has 186 valence electrons. The molecule has 0 bridgehead atoms. The summed E-state index contributed by atoms with van der Waals surface area (Å²) in [6, 6.07) is 0.403. The van der Waals surface area contributed by atoms with Crippen molar-refractivity contribution in [2.75, 3.05) is 14.1 Å². The number of rotatable bonds is 3. The van der Waals surface area contributed by atoms with Crippen LogP contribution in [0.5, 0.6) is 5.75 Å². The van der Waals surface area contributed by atoms with Gasteiger partial charge >= 0.3 is 6.08 Å². The molecule has 9 nitrogen and oxygen atoms in total. The van der Waals surface area contributed by atoms with Gasteiger partial charge in [0.2, 0.25) is 5.91 Å². The van der Waals surface area contributed by atoms with Crippen LogP contribution in [0.1, 0.15) is 27.9 Å². The summed E-state index contributed by atoms with van der Waals surface area (Å²) in [4.78, 5) is 66.2. The quantitative estimate of drug-likeness (QED) is 0.510. The number of aliphatic hydroxyl groups is 1. The van der Waals surface area contributed by atoms with Crippen LogP contribution in [0.25, 0.3) is 5.83 Å². The number of nitrogens with two attached hydrogens (primary N) is 1. The Bertz CT molecular complexity index is 1240. The first-order valence-corrected chi connectivity index (χ1v) is 10.7. The molecular weight excluding hydrogens is 473 g/mol. The van der Waals surface area contributed by atoms with Gasteiger partial charge in [-0.1, -0.05) is 0 Å². The van der Waals surface area contributed by atoms with Gasteiger partial charge in [-0.15, -0.1) is 0 Å². The summed E-state index contributed by atoms with van der Waals surface area (Å²) in [7, 11) is 2.85. The summed E-state index contributed by atoms with van der Waals surface area (Å²) in [6.45, 7) is 0. The number of likely N-dealkylation sites (N-methyl/N-ethyl adjacent to an activating group) is 1. The Morgan fingerprint density at radius 1 is 1.11 bits per heavy atom. The number of aromatic hydroxyl groups is 1. The fourth-order valence-electron chi connectivity index (χ4n) is 5.91. The van der Waals surface area contributed by atoms with Crippen molar-refractivity contribution in [1.82, 2.24) is 4.90 Å². The molecule has 35 heavy (non-hydrogen) atoms. The fraction of sp³-hybridized carbons (Fsp3) is 0.435. The number of fused-ring (bicyclic) bond motifs is 3. The summed E-state index contributed by atoms with van der Waals surface area (Å²) in [6.07, 6.45) is -3.24. The van der Waals surface area contributed by atoms with Gasteiger partial charge in [0.15, 0.2) is 40.5 Å². The minimum atomic E-state index is -2.90. The number of Topliss-reactive ketones (excluding diaryl/α,β-unsaturated/α-hetero) is 4. The first kappa shape index (κ1) is 24.7. The zero-order chi connectivity index (χ0) is 26.1. The van der Waals surface area contributed by atoms with Crippen molar-refractivity contribution < 1.29 is 47.4 Å². The number of hydrogen-bond donors (Lipinski definition) is 3. The van der Waals surface area contributed by atoms with E-state index in [1.807, 2.05) is 0 Å². The minimum Gasteiger partial charge on any atom is -0.507 e. The van der Waals surface area contributed by atoms with Crippen molar-refractivity contribution in [3.8, 4) is 5.75 Å². The highest BCUT2D eigenvalue weighted by molar-refractivity contribution is 6.32. The second-order valence-electron chi connectivity index (χ2n) is 9.35.